The molecule has 4 aromatic rings. The molecule has 0 radical (unpaired) electrons. The van der Waals surface area contributed by atoms with Crippen LogP contribution in [-0.2, 0) is 6.61 Å². The topological polar surface area (TPSA) is 69.7 Å². The third-order valence-corrected chi connectivity index (χ3v) is 4.70. The molecule has 0 aliphatic heterocycles. The molecule has 4 rings (SSSR count). The maximum absolute atomic E-state index is 13.9. The molecule has 0 N–H and O–H groups in total. The zero-order chi connectivity index (χ0) is 19.7. The molecule has 0 atom stereocenters. The Kier molecular flexibility index (Phi) is 4.79. The number of nitro groups is 1. The van der Waals surface area contributed by atoms with E-state index in [1.165, 1.54) is 18.3 Å². The molecule has 0 aliphatic carbocycles. The lowest BCUT2D eigenvalue weighted by Gasteiger charge is -2.08. The third-order valence-electron chi connectivity index (χ3n) is 4.21. The van der Waals surface area contributed by atoms with Gasteiger partial charge in [0.15, 0.2) is 0 Å². The lowest BCUT2D eigenvalue weighted by atomic mass is 10.1. The van der Waals surface area contributed by atoms with Crippen LogP contribution in [-0.4, -0.2) is 14.3 Å². The van der Waals surface area contributed by atoms with Crippen molar-refractivity contribution in [2.45, 2.75) is 6.61 Å². The Labute approximate surface area is 167 Å². The minimum Gasteiger partial charge on any atom is -0.489 e. The van der Waals surface area contributed by atoms with Crippen molar-refractivity contribution in [3.05, 3.63) is 93.0 Å². The minimum absolute atomic E-state index is 0.000344. The second kappa shape index (κ2) is 7.40. The molecule has 6 nitrogen and oxygen atoms in total. The van der Waals surface area contributed by atoms with Crippen molar-refractivity contribution >= 4 is 27.3 Å². The van der Waals surface area contributed by atoms with E-state index in [0.717, 1.165) is 5.56 Å². The van der Waals surface area contributed by atoms with Crippen LogP contribution in [0.5, 0.6) is 5.75 Å². The van der Waals surface area contributed by atoms with Crippen LogP contribution in [0, 0.1) is 15.9 Å². The predicted molar refractivity (Wildman–Crippen MR) is 106 cm³/mol. The fourth-order valence-electron chi connectivity index (χ4n) is 2.75. The first-order valence-electron chi connectivity index (χ1n) is 8.30. The fraction of sp³-hybridized carbons (Fsp3) is 0.0500. The Balaban J connectivity index is 1.51. The molecule has 0 aliphatic rings. The maximum Gasteiger partial charge on any atom is 0.286 e. The van der Waals surface area contributed by atoms with Gasteiger partial charge in [0.05, 0.1) is 16.8 Å². The third kappa shape index (κ3) is 3.72. The molecule has 2 aromatic carbocycles. The molecular weight excluding hydrogens is 429 g/mol. The van der Waals surface area contributed by atoms with E-state index in [4.69, 9.17) is 4.74 Å². The molecule has 0 unspecified atom stereocenters. The number of pyridine rings is 1. The number of ether oxygens (including phenoxy) is 1. The number of hydrogen-bond donors (Lipinski definition) is 0. The van der Waals surface area contributed by atoms with Gasteiger partial charge in [0.25, 0.3) is 5.69 Å². The van der Waals surface area contributed by atoms with Crippen molar-refractivity contribution in [2.75, 3.05) is 0 Å². The van der Waals surface area contributed by atoms with Gasteiger partial charge in [-0.2, -0.15) is 0 Å². The fourth-order valence-corrected chi connectivity index (χ4v) is 3.08. The lowest BCUT2D eigenvalue weighted by molar-refractivity contribution is -0.385. The number of rotatable bonds is 5. The van der Waals surface area contributed by atoms with E-state index in [1.54, 1.807) is 40.9 Å². The number of aromatic nitrogens is 2. The summed E-state index contributed by atoms with van der Waals surface area (Å²) in [4.78, 5) is 14.9. The average molecular weight is 442 g/mol. The van der Waals surface area contributed by atoms with Gasteiger partial charge < -0.3 is 4.74 Å². The molecular formula is C20H13BrFN3O3. The van der Waals surface area contributed by atoms with Crippen LogP contribution >= 0.6 is 15.9 Å². The zero-order valence-corrected chi connectivity index (χ0v) is 16.0. The Hall–Kier alpha value is -3.26. The number of nitrogens with zero attached hydrogens (tertiary/aromatic N) is 3. The van der Waals surface area contributed by atoms with Gasteiger partial charge in [0.1, 0.15) is 23.8 Å². The lowest BCUT2D eigenvalue weighted by Crippen LogP contribution is -1.98. The molecule has 0 saturated carbocycles. The van der Waals surface area contributed by atoms with Crippen molar-refractivity contribution in [1.29, 1.82) is 0 Å². The Morgan fingerprint density at radius 2 is 1.89 bits per heavy atom. The number of imidazole rings is 1. The van der Waals surface area contributed by atoms with Gasteiger partial charge in [0.2, 0.25) is 0 Å². The van der Waals surface area contributed by atoms with Gasteiger partial charge in [-0.3, -0.25) is 14.5 Å². The van der Waals surface area contributed by atoms with Gasteiger partial charge in [-0.15, -0.1) is 0 Å². The predicted octanol–water partition coefficient (Wildman–Crippen LogP) is 5.39. The number of halogens is 2. The maximum atomic E-state index is 13.9. The molecule has 0 spiro atoms. The van der Waals surface area contributed by atoms with E-state index in [2.05, 4.69) is 20.9 Å². The molecule has 0 bridgehead atoms. The second-order valence-electron chi connectivity index (χ2n) is 6.08. The monoisotopic (exact) mass is 441 g/mol. The molecule has 28 heavy (non-hydrogen) atoms. The van der Waals surface area contributed by atoms with Crippen molar-refractivity contribution in [1.82, 2.24) is 9.38 Å². The highest BCUT2D eigenvalue weighted by Crippen LogP contribution is 2.24. The standard InChI is InChI=1S/C20H13BrFN3O3/c21-15-4-1-14(18(22)9-15)12-28-17-6-2-13(3-7-17)19-11-24-10-16(25(26)27)5-8-20(24)23-19/h1-11H,12H2. The highest BCUT2D eigenvalue weighted by Gasteiger charge is 2.10. The number of fused-ring (bicyclic) bond motifs is 1. The van der Waals surface area contributed by atoms with E-state index >= 15 is 0 Å². The summed E-state index contributed by atoms with van der Waals surface area (Å²) in [5.41, 5.74) is 2.61. The molecule has 2 aromatic heterocycles. The zero-order valence-electron chi connectivity index (χ0n) is 14.4. The first-order chi connectivity index (χ1) is 13.5. The average Bonchev–Trinajstić information content (AvgIpc) is 3.11. The highest BCUT2D eigenvalue weighted by atomic mass is 79.9. The summed E-state index contributed by atoms with van der Waals surface area (Å²) in [7, 11) is 0. The summed E-state index contributed by atoms with van der Waals surface area (Å²) in [6.07, 6.45) is 3.16. The molecule has 0 fully saturated rings. The summed E-state index contributed by atoms with van der Waals surface area (Å²) < 4.78 is 21.8. The summed E-state index contributed by atoms with van der Waals surface area (Å²) in [6.45, 7) is 0.122. The summed E-state index contributed by atoms with van der Waals surface area (Å²) in [5, 5.41) is 10.9. The number of hydrogen-bond acceptors (Lipinski definition) is 4. The van der Waals surface area contributed by atoms with Gasteiger partial charge in [-0.25, -0.2) is 9.37 Å². The highest BCUT2D eigenvalue weighted by molar-refractivity contribution is 9.10. The quantitative estimate of drug-likeness (QED) is 0.307. The normalized spacial score (nSPS) is 10.9. The van der Waals surface area contributed by atoms with Gasteiger partial charge in [-0.1, -0.05) is 22.0 Å². The van der Waals surface area contributed by atoms with Crippen molar-refractivity contribution in [3.8, 4) is 17.0 Å². The van der Waals surface area contributed by atoms with E-state index in [9.17, 15) is 14.5 Å². The van der Waals surface area contributed by atoms with Crippen LogP contribution in [0.15, 0.2) is 71.5 Å². The van der Waals surface area contributed by atoms with Crippen LogP contribution < -0.4 is 4.74 Å². The van der Waals surface area contributed by atoms with E-state index < -0.39 is 4.92 Å². The molecule has 0 amide bonds. The summed E-state index contributed by atoms with van der Waals surface area (Å²) in [5.74, 6) is 0.273. The van der Waals surface area contributed by atoms with Crippen LogP contribution in [0.4, 0.5) is 10.1 Å². The molecule has 8 heteroatoms. The van der Waals surface area contributed by atoms with Gasteiger partial charge in [-0.05, 0) is 42.5 Å². The summed E-state index contributed by atoms with van der Waals surface area (Å²) in [6, 6.07) is 15.1. The molecule has 140 valence electrons. The van der Waals surface area contributed by atoms with Crippen molar-refractivity contribution < 1.29 is 14.1 Å². The smallest absolute Gasteiger partial charge is 0.286 e. The van der Waals surface area contributed by atoms with E-state index in [0.29, 0.717) is 27.1 Å². The van der Waals surface area contributed by atoms with E-state index in [-0.39, 0.29) is 18.1 Å². The second-order valence-corrected chi connectivity index (χ2v) is 7.00. The van der Waals surface area contributed by atoms with Crippen molar-refractivity contribution in [3.63, 3.8) is 0 Å². The Morgan fingerprint density at radius 3 is 2.61 bits per heavy atom. The summed E-state index contributed by atoms with van der Waals surface area (Å²) >= 11 is 3.22. The first kappa shape index (κ1) is 18.1. The van der Waals surface area contributed by atoms with E-state index in [1.807, 2.05) is 12.1 Å². The van der Waals surface area contributed by atoms with Crippen LogP contribution in [0.1, 0.15) is 5.56 Å². The van der Waals surface area contributed by atoms with Crippen molar-refractivity contribution in [2.24, 2.45) is 0 Å². The van der Waals surface area contributed by atoms with Gasteiger partial charge >= 0.3 is 0 Å². The van der Waals surface area contributed by atoms with Crippen LogP contribution in [0.3, 0.4) is 0 Å². The van der Waals surface area contributed by atoms with Crippen LogP contribution in [0.2, 0.25) is 0 Å². The van der Waals surface area contributed by atoms with Crippen LogP contribution in [0.25, 0.3) is 16.9 Å². The molecule has 0 saturated heterocycles. The number of benzene rings is 2. The van der Waals surface area contributed by atoms with Gasteiger partial charge in [0, 0.05) is 27.9 Å². The Morgan fingerprint density at radius 1 is 1.11 bits per heavy atom. The molecule has 2 heterocycles. The SMILES string of the molecule is O=[N+]([O-])c1ccc2nc(-c3ccc(OCc4ccc(Br)cc4F)cc3)cn2c1. The largest absolute Gasteiger partial charge is 0.489 e. The Bertz CT molecular complexity index is 1180. The first-order valence-corrected chi connectivity index (χ1v) is 9.09. The minimum atomic E-state index is -0.445.